The van der Waals surface area contributed by atoms with E-state index in [0.29, 0.717) is 23.7 Å². The number of rotatable bonds is 3. The molecular formula is C19H28O6. The van der Waals surface area contributed by atoms with Crippen LogP contribution in [0.2, 0.25) is 0 Å². The predicted octanol–water partition coefficient (Wildman–Crippen LogP) is 2.63. The third-order valence-electron chi connectivity index (χ3n) is 6.02. The van der Waals surface area contributed by atoms with E-state index in [9.17, 15) is 14.4 Å². The molecule has 3 aliphatic rings. The fourth-order valence-electron chi connectivity index (χ4n) is 5.69. The van der Waals surface area contributed by atoms with Gasteiger partial charge in [-0.3, -0.25) is 14.4 Å². The van der Waals surface area contributed by atoms with Crippen molar-refractivity contribution in [3.05, 3.63) is 0 Å². The summed E-state index contributed by atoms with van der Waals surface area (Å²) in [4.78, 5) is 34.2. The second-order valence-electron chi connectivity index (χ2n) is 7.97. The Kier molecular flexibility index (Phi) is 5.35. The molecule has 0 heterocycles. The van der Waals surface area contributed by atoms with Crippen LogP contribution in [0.3, 0.4) is 0 Å². The Morgan fingerprint density at radius 3 is 1.00 bits per heavy atom. The van der Waals surface area contributed by atoms with E-state index in [1.165, 1.54) is 20.8 Å². The van der Waals surface area contributed by atoms with Crippen molar-refractivity contribution >= 4 is 17.9 Å². The first-order chi connectivity index (χ1) is 11.8. The molecule has 0 spiro atoms. The maximum atomic E-state index is 11.4. The molecule has 0 atom stereocenters. The number of carbonyl (C=O) groups is 3. The molecule has 3 saturated carbocycles. The van der Waals surface area contributed by atoms with Crippen LogP contribution in [0, 0.1) is 23.7 Å². The summed E-state index contributed by atoms with van der Waals surface area (Å²) in [5.74, 6) is 0.975. The largest absolute Gasteiger partial charge is 0.463 e. The van der Waals surface area contributed by atoms with E-state index in [2.05, 4.69) is 0 Å². The van der Waals surface area contributed by atoms with Crippen molar-refractivity contribution < 1.29 is 28.6 Å². The van der Waals surface area contributed by atoms with Gasteiger partial charge in [-0.1, -0.05) is 0 Å². The topological polar surface area (TPSA) is 78.9 Å². The second kappa shape index (κ2) is 7.34. The van der Waals surface area contributed by atoms with Crippen molar-refractivity contribution in [2.45, 2.75) is 77.6 Å². The van der Waals surface area contributed by atoms with Gasteiger partial charge in [-0.05, 0) is 62.2 Å². The number of carbonyl (C=O) groups excluding carboxylic acids is 3. The van der Waals surface area contributed by atoms with Crippen LogP contribution in [-0.2, 0) is 28.6 Å². The third-order valence-corrected chi connectivity index (χ3v) is 6.02. The summed E-state index contributed by atoms with van der Waals surface area (Å²) in [6.45, 7) is 4.33. The molecule has 140 valence electrons. The van der Waals surface area contributed by atoms with Gasteiger partial charge < -0.3 is 14.2 Å². The standard InChI is InChI=1S/C19H28O6/c1-10(20)23-16-4-13-6-17(24-11(2)21)8-15-9-18(25-12(3)22)7-14(5-16)19(13)15/h13-19H,4-9H2,1-3H3. The molecule has 0 saturated heterocycles. The lowest BCUT2D eigenvalue weighted by atomic mass is 9.54. The van der Waals surface area contributed by atoms with E-state index in [0.717, 1.165) is 38.5 Å². The van der Waals surface area contributed by atoms with Crippen LogP contribution in [0.15, 0.2) is 0 Å². The Balaban J connectivity index is 1.77. The summed E-state index contributed by atoms with van der Waals surface area (Å²) in [6.07, 6.45) is 4.78. The van der Waals surface area contributed by atoms with E-state index in [1.54, 1.807) is 0 Å². The van der Waals surface area contributed by atoms with Crippen LogP contribution in [-0.4, -0.2) is 36.2 Å². The molecule has 3 rings (SSSR count). The van der Waals surface area contributed by atoms with Crippen LogP contribution in [0.5, 0.6) is 0 Å². The second-order valence-corrected chi connectivity index (χ2v) is 7.97. The van der Waals surface area contributed by atoms with Crippen LogP contribution in [0.4, 0.5) is 0 Å². The van der Waals surface area contributed by atoms with E-state index in [4.69, 9.17) is 14.2 Å². The molecule has 0 bridgehead atoms. The van der Waals surface area contributed by atoms with Crippen molar-refractivity contribution in [3.63, 3.8) is 0 Å². The van der Waals surface area contributed by atoms with Crippen LogP contribution >= 0.6 is 0 Å². The summed E-state index contributed by atoms with van der Waals surface area (Å²) >= 11 is 0. The van der Waals surface area contributed by atoms with Gasteiger partial charge in [0.15, 0.2) is 0 Å². The number of hydrogen-bond acceptors (Lipinski definition) is 6. The molecule has 0 aromatic rings. The van der Waals surface area contributed by atoms with Crippen molar-refractivity contribution in [2.24, 2.45) is 23.7 Å². The zero-order chi connectivity index (χ0) is 18.1. The molecule has 25 heavy (non-hydrogen) atoms. The predicted molar refractivity (Wildman–Crippen MR) is 88.3 cm³/mol. The zero-order valence-corrected chi connectivity index (χ0v) is 15.2. The molecule has 0 aliphatic heterocycles. The monoisotopic (exact) mass is 352 g/mol. The van der Waals surface area contributed by atoms with E-state index < -0.39 is 0 Å². The molecule has 3 aliphatic carbocycles. The molecule has 3 fully saturated rings. The lowest BCUT2D eigenvalue weighted by molar-refractivity contribution is -0.169. The van der Waals surface area contributed by atoms with Crippen molar-refractivity contribution in [1.82, 2.24) is 0 Å². The maximum Gasteiger partial charge on any atom is 0.302 e. The first-order valence-corrected chi connectivity index (χ1v) is 9.33. The third kappa shape index (κ3) is 4.33. The highest BCUT2D eigenvalue weighted by Gasteiger charge is 2.51. The van der Waals surface area contributed by atoms with Gasteiger partial charge in [-0.15, -0.1) is 0 Å². The lowest BCUT2D eigenvalue weighted by Crippen LogP contribution is -2.51. The lowest BCUT2D eigenvalue weighted by Gasteiger charge is -2.53. The summed E-state index contributed by atoms with van der Waals surface area (Å²) in [7, 11) is 0. The van der Waals surface area contributed by atoms with Crippen molar-refractivity contribution in [1.29, 1.82) is 0 Å². The minimum absolute atomic E-state index is 0.0865. The first-order valence-electron chi connectivity index (χ1n) is 9.33. The SMILES string of the molecule is CC(=O)OC1CC2CC(OC(C)=O)CC3CC(OC(C)=O)CC(C1)C23. The maximum absolute atomic E-state index is 11.4. The quantitative estimate of drug-likeness (QED) is 0.574. The average molecular weight is 352 g/mol. The van der Waals surface area contributed by atoms with Gasteiger partial charge in [-0.2, -0.15) is 0 Å². The Labute approximate surface area is 148 Å². The highest BCUT2D eigenvalue weighted by atomic mass is 16.6. The van der Waals surface area contributed by atoms with Gasteiger partial charge >= 0.3 is 17.9 Å². The summed E-state index contributed by atoms with van der Waals surface area (Å²) in [5.41, 5.74) is 0. The van der Waals surface area contributed by atoms with Gasteiger partial charge in [0, 0.05) is 20.8 Å². The number of hydrogen-bond donors (Lipinski definition) is 0. The van der Waals surface area contributed by atoms with Gasteiger partial charge in [0.2, 0.25) is 0 Å². The minimum Gasteiger partial charge on any atom is -0.463 e. The summed E-state index contributed by atoms with van der Waals surface area (Å²) < 4.78 is 16.5. The average Bonchev–Trinajstić information content (AvgIpc) is 2.43. The fourth-order valence-corrected chi connectivity index (χ4v) is 5.69. The minimum atomic E-state index is -0.250. The Hall–Kier alpha value is -1.59. The zero-order valence-electron chi connectivity index (χ0n) is 15.2. The van der Waals surface area contributed by atoms with Crippen molar-refractivity contribution in [3.8, 4) is 0 Å². The number of esters is 3. The van der Waals surface area contributed by atoms with Crippen molar-refractivity contribution in [2.75, 3.05) is 0 Å². The fraction of sp³-hybridized carbons (Fsp3) is 0.842. The summed E-state index contributed by atoms with van der Waals surface area (Å²) in [6, 6.07) is 0. The molecule has 0 aromatic carbocycles. The number of ether oxygens (including phenoxy) is 3. The summed E-state index contributed by atoms with van der Waals surface area (Å²) in [5, 5.41) is 0. The molecule has 6 heteroatoms. The molecule has 0 aromatic heterocycles. The molecule has 0 unspecified atom stereocenters. The molecule has 0 radical (unpaired) electrons. The van der Waals surface area contributed by atoms with Gasteiger partial charge in [-0.25, -0.2) is 0 Å². The van der Waals surface area contributed by atoms with Gasteiger partial charge in [0.25, 0.3) is 0 Å². The Morgan fingerprint density at radius 2 is 0.800 bits per heavy atom. The highest BCUT2D eigenvalue weighted by molar-refractivity contribution is 5.66. The normalized spacial score (nSPS) is 39.7. The molecule has 0 N–H and O–H groups in total. The van der Waals surface area contributed by atoms with E-state index in [1.807, 2.05) is 0 Å². The van der Waals surface area contributed by atoms with Crippen LogP contribution < -0.4 is 0 Å². The molecule has 6 nitrogen and oxygen atoms in total. The smallest absolute Gasteiger partial charge is 0.302 e. The van der Waals surface area contributed by atoms with Crippen LogP contribution in [0.25, 0.3) is 0 Å². The molecular weight excluding hydrogens is 324 g/mol. The Bertz CT molecular complexity index is 450. The Morgan fingerprint density at radius 1 is 0.560 bits per heavy atom. The first kappa shape index (κ1) is 18.2. The molecule has 0 amide bonds. The van der Waals surface area contributed by atoms with E-state index >= 15 is 0 Å². The van der Waals surface area contributed by atoms with Crippen LogP contribution in [0.1, 0.15) is 59.3 Å². The van der Waals surface area contributed by atoms with E-state index in [-0.39, 0.29) is 36.2 Å². The van der Waals surface area contributed by atoms with Gasteiger partial charge in [0.1, 0.15) is 18.3 Å². The highest BCUT2D eigenvalue weighted by Crippen LogP contribution is 2.54. The van der Waals surface area contributed by atoms with Gasteiger partial charge in [0.05, 0.1) is 0 Å².